The molecule has 0 amide bonds. The number of rotatable bonds is 2. The van der Waals surface area contributed by atoms with Crippen molar-refractivity contribution in [1.82, 2.24) is 9.55 Å². The lowest BCUT2D eigenvalue weighted by Gasteiger charge is -2.23. The molecule has 42 heavy (non-hydrogen) atoms. The minimum Gasteiger partial charge on any atom is -0.308 e. The SMILES string of the molecule is CC1(C)c2ccccc2-c2ccc3c(c21)c1cc2c(cc1n3-c1ccc(-c3ccccc3)nc1)Sc1ccccc1S2. The van der Waals surface area contributed by atoms with Gasteiger partial charge in [-0.3, -0.25) is 4.98 Å². The molecule has 2 nitrogen and oxygen atoms in total. The quantitative estimate of drug-likeness (QED) is 0.204. The molecular formula is C38H26N2S2. The summed E-state index contributed by atoms with van der Waals surface area (Å²) in [6, 6.07) is 42.0. The summed E-state index contributed by atoms with van der Waals surface area (Å²) in [7, 11) is 0. The predicted octanol–water partition coefficient (Wildman–Crippen LogP) is 10.8. The second-order valence-corrected chi connectivity index (χ2v) is 13.8. The Morgan fingerprint density at radius 3 is 2.10 bits per heavy atom. The maximum atomic E-state index is 4.94. The molecule has 0 N–H and O–H groups in total. The largest absolute Gasteiger partial charge is 0.308 e. The fraction of sp³-hybridized carbons (Fsp3) is 0.0789. The molecule has 0 atom stereocenters. The molecule has 0 radical (unpaired) electrons. The highest BCUT2D eigenvalue weighted by atomic mass is 32.2. The van der Waals surface area contributed by atoms with Crippen LogP contribution in [-0.2, 0) is 5.41 Å². The molecule has 0 spiro atoms. The van der Waals surface area contributed by atoms with Gasteiger partial charge in [0, 0.05) is 41.3 Å². The van der Waals surface area contributed by atoms with Gasteiger partial charge >= 0.3 is 0 Å². The van der Waals surface area contributed by atoms with Crippen LogP contribution in [0.15, 0.2) is 141 Å². The third-order valence-corrected chi connectivity index (χ3v) is 11.4. The van der Waals surface area contributed by atoms with Crippen LogP contribution in [0.4, 0.5) is 0 Å². The number of hydrogen-bond donors (Lipinski definition) is 0. The first kappa shape index (κ1) is 24.4. The molecule has 1 aliphatic carbocycles. The fourth-order valence-electron chi connectivity index (χ4n) is 6.98. The molecule has 1 aliphatic heterocycles. The average Bonchev–Trinajstić information content (AvgIpc) is 3.47. The van der Waals surface area contributed by atoms with Gasteiger partial charge in [-0.05, 0) is 64.7 Å². The van der Waals surface area contributed by atoms with Crippen LogP contribution in [0.2, 0.25) is 0 Å². The van der Waals surface area contributed by atoms with Crippen molar-refractivity contribution < 1.29 is 0 Å². The van der Waals surface area contributed by atoms with E-state index in [2.05, 4.69) is 128 Å². The lowest BCUT2D eigenvalue weighted by Crippen LogP contribution is -2.15. The minimum atomic E-state index is -0.107. The third-order valence-electron chi connectivity index (χ3n) is 8.88. The smallest absolute Gasteiger partial charge is 0.0703 e. The van der Waals surface area contributed by atoms with Crippen LogP contribution < -0.4 is 0 Å². The Bertz CT molecular complexity index is 2210. The van der Waals surface area contributed by atoms with Crippen molar-refractivity contribution in [3.8, 4) is 28.1 Å². The first-order valence-electron chi connectivity index (χ1n) is 14.3. The van der Waals surface area contributed by atoms with E-state index in [1.807, 2.05) is 35.8 Å². The molecule has 0 bridgehead atoms. The van der Waals surface area contributed by atoms with Crippen LogP contribution in [-0.4, -0.2) is 9.55 Å². The molecule has 5 aromatic carbocycles. The molecule has 0 unspecified atom stereocenters. The topological polar surface area (TPSA) is 17.8 Å². The zero-order valence-corrected chi connectivity index (χ0v) is 24.9. The van der Waals surface area contributed by atoms with Gasteiger partial charge < -0.3 is 4.57 Å². The highest BCUT2D eigenvalue weighted by Crippen LogP contribution is 2.55. The van der Waals surface area contributed by atoms with E-state index >= 15 is 0 Å². The minimum absolute atomic E-state index is 0.107. The molecule has 200 valence electrons. The molecule has 7 aromatic rings. The molecule has 2 aromatic heterocycles. The Morgan fingerprint density at radius 2 is 1.33 bits per heavy atom. The number of aromatic nitrogens is 2. The Balaban J connectivity index is 1.34. The molecular weight excluding hydrogens is 549 g/mol. The Morgan fingerprint density at radius 1 is 0.619 bits per heavy atom. The van der Waals surface area contributed by atoms with Gasteiger partial charge in [0.25, 0.3) is 0 Å². The Hall–Kier alpha value is -4.25. The summed E-state index contributed by atoms with van der Waals surface area (Å²) in [5, 5.41) is 2.66. The van der Waals surface area contributed by atoms with Crippen LogP contribution in [0.5, 0.6) is 0 Å². The van der Waals surface area contributed by atoms with E-state index < -0.39 is 0 Å². The van der Waals surface area contributed by atoms with Crippen LogP contribution in [0, 0.1) is 0 Å². The molecule has 0 fully saturated rings. The van der Waals surface area contributed by atoms with Crippen molar-refractivity contribution >= 4 is 45.3 Å². The zero-order chi connectivity index (χ0) is 28.0. The van der Waals surface area contributed by atoms with Crippen molar-refractivity contribution in [2.45, 2.75) is 38.8 Å². The Kier molecular flexibility index (Phi) is 5.15. The molecule has 0 saturated carbocycles. The van der Waals surface area contributed by atoms with Crippen molar-refractivity contribution in [1.29, 1.82) is 0 Å². The highest BCUT2D eigenvalue weighted by molar-refractivity contribution is 8.05. The van der Waals surface area contributed by atoms with E-state index in [0.29, 0.717) is 0 Å². The van der Waals surface area contributed by atoms with Gasteiger partial charge in [0.05, 0.1) is 28.6 Å². The van der Waals surface area contributed by atoms with Crippen LogP contribution in [0.25, 0.3) is 49.9 Å². The van der Waals surface area contributed by atoms with Crippen molar-refractivity contribution in [3.63, 3.8) is 0 Å². The van der Waals surface area contributed by atoms with Gasteiger partial charge in [0.15, 0.2) is 0 Å². The number of fused-ring (bicyclic) bond motifs is 9. The van der Waals surface area contributed by atoms with E-state index in [9.17, 15) is 0 Å². The second-order valence-electron chi connectivity index (χ2n) is 11.6. The summed E-state index contributed by atoms with van der Waals surface area (Å²) in [4.78, 5) is 10.2. The zero-order valence-electron chi connectivity index (χ0n) is 23.3. The Labute approximate surface area is 253 Å². The fourth-order valence-corrected chi connectivity index (χ4v) is 9.25. The van der Waals surface area contributed by atoms with Crippen molar-refractivity contribution in [2.24, 2.45) is 0 Å². The van der Waals surface area contributed by atoms with Gasteiger partial charge in [0.1, 0.15) is 0 Å². The van der Waals surface area contributed by atoms with Crippen molar-refractivity contribution in [3.05, 3.63) is 133 Å². The summed E-state index contributed by atoms with van der Waals surface area (Å²) >= 11 is 3.76. The summed E-state index contributed by atoms with van der Waals surface area (Å²) in [5.41, 5.74) is 11.1. The molecule has 3 heterocycles. The van der Waals surface area contributed by atoms with E-state index in [4.69, 9.17) is 4.98 Å². The third kappa shape index (κ3) is 3.40. The second kappa shape index (κ2) is 8.87. The number of pyridine rings is 1. The monoisotopic (exact) mass is 574 g/mol. The lowest BCUT2D eigenvalue weighted by molar-refractivity contribution is 0.666. The number of benzene rings is 5. The summed E-state index contributed by atoms with van der Waals surface area (Å²) in [6.07, 6.45) is 2.03. The van der Waals surface area contributed by atoms with Crippen LogP contribution in [0.1, 0.15) is 25.0 Å². The van der Waals surface area contributed by atoms with Gasteiger partial charge in [-0.25, -0.2) is 0 Å². The molecule has 4 heteroatoms. The van der Waals surface area contributed by atoms with E-state index in [1.54, 1.807) is 0 Å². The van der Waals surface area contributed by atoms with Gasteiger partial charge in [-0.2, -0.15) is 0 Å². The number of hydrogen-bond acceptors (Lipinski definition) is 3. The first-order valence-corrected chi connectivity index (χ1v) is 15.9. The lowest BCUT2D eigenvalue weighted by atomic mass is 9.80. The predicted molar refractivity (Wildman–Crippen MR) is 176 cm³/mol. The van der Waals surface area contributed by atoms with Gasteiger partial charge in [-0.1, -0.05) is 110 Å². The highest BCUT2D eigenvalue weighted by Gasteiger charge is 2.38. The standard InChI is InChI=1S/C38H26N2S2/c1-38(2)28-13-7-6-12-25(28)26-17-19-30-36(37(26)38)27-20-34-35(42-33-15-9-8-14-32(33)41-34)21-31(27)40(30)24-16-18-29(39-22-24)23-10-4-3-5-11-23/h3-22H,1-2H3. The molecule has 9 rings (SSSR count). The summed E-state index contributed by atoms with van der Waals surface area (Å²) < 4.78 is 2.43. The van der Waals surface area contributed by atoms with Crippen LogP contribution >= 0.6 is 23.5 Å². The maximum absolute atomic E-state index is 4.94. The number of nitrogens with zero attached hydrogens (tertiary/aromatic N) is 2. The van der Waals surface area contributed by atoms with Crippen molar-refractivity contribution in [2.75, 3.05) is 0 Å². The van der Waals surface area contributed by atoms with Gasteiger partial charge in [0.2, 0.25) is 0 Å². The van der Waals surface area contributed by atoms with E-state index in [-0.39, 0.29) is 5.41 Å². The maximum Gasteiger partial charge on any atom is 0.0703 e. The first-order chi connectivity index (χ1) is 20.6. The van der Waals surface area contributed by atoms with Gasteiger partial charge in [-0.15, -0.1) is 0 Å². The van der Waals surface area contributed by atoms with E-state index in [1.165, 1.54) is 63.6 Å². The average molecular weight is 575 g/mol. The van der Waals surface area contributed by atoms with E-state index in [0.717, 1.165) is 16.9 Å². The summed E-state index contributed by atoms with van der Waals surface area (Å²) in [5.74, 6) is 0. The molecule has 0 saturated heterocycles. The normalized spacial score (nSPS) is 14.4. The summed E-state index contributed by atoms with van der Waals surface area (Å²) in [6.45, 7) is 4.77. The van der Waals surface area contributed by atoms with Crippen LogP contribution in [0.3, 0.4) is 0 Å². The molecule has 2 aliphatic rings.